The first-order valence-corrected chi connectivity index (χ1v) is 4.93. The van der Waals surface area contributed by atoms with E-state index in [9.17, 15) is 4.79 Å². The molecule has 15 heavy (non-hydrogen) atoms. The summed E-state index contributed by atoms with van der Waals surface area (Å²) in [7, 11) is 0. The maximum Gasteiger partial charge on any atom is 0.182 e. The summed E-state index contributed by atoms with van der Waals surface area (Å²) in [6, 6.07) is 8.34. The zero-order valence-electron chi connectivity index (χ0n) is 8.52. The van der Waals surface area contributed by atoms with Gasteiger partial charge in [0.2, 0.25) is 0 Å². The maximum absolute atomic E-state index is 11.8. The normalized spacial score (nSPS) is 12.4. The molecule has 0 aliphatic heterocycles. The number of Topliss-reactive ketones (excluding diaryl/α,β-unsaturated/α-hetero) is 1. The number of carbonyl (C=O) groups is 1. The van der Waals surface area contributed by atoms with Gasteiger partial charge < -0.3 is 16.2 Å². The van der Waals surface area contributed by atoms with Gasteiger partial charge in [-0.3, -0.25) is 4.79 Å². The number of hydrogen-bond donors (Lipinski definition) is 3. The minimum Gasteiger partial charge on any atom is -0.394 e. The summed E-state index contributed by atoms with van der Waals surface area (Å²) in [5.74, 6) is -0.105. The Morgan fingerprint density at radius 3 is 2.60 bits per heavy atom. The van der Waals surface area contributed by atoms with Crippen molar-refractivity contribution in [2.75, 3.05) is 19.7 Å². The molecule has 0 saturated heterocycles. The molecule has 0 saturated carbocycles. The van der Waals surface area contributed by atoms with Gasteiger partial charge in [-0.2, -0.15) is 0 Å². The second-order valence-corrected chi connectivity index (χ2v) is 3.21. The molecule has 1 aromatic rings. The summed E-state index contributed by atoms with van der Waals surface area (Å²) in [4.78, 5) is 11.8. The van der Waals surface area contributed by atoms with E-state index < -0.39 is 6.04 Å². The van der Waals surface area contributed by atoms with Crippen LogP contribution in [0.3, 0.4) is 0 Å². The van der Waals surface area contributed by atoms with Gasteiger partial charge in [0.15, 0.2) is 5.78 Å². The summed E-state index contributed by atoms with van der Waals surface area (Å²) < 4.78 is 0. The van der Waals surface area contributed by atoms with Gasteiger partial charge >= 0.3 is 0 Å². The van der Waals surface area contributed by atoms with Crippen molar-refractivity contribution in [3.05, 3.63) is 35.9 Å². The SMILES string of the molecule is NCCNC(CO)C(=O)c1ccccc1. The van der Waals surface area contributed by atoms with Crippen molar-refractivity contribution in [1.29, 1.82) is 0 Å². The fourth-order valence-corrected chi connectivity index (χ4v) is 1.30. The largest absolute Gasteiger partial charge is 0.394 e. The topological polar surface area (TPSA) is 75.3 Å². The summed E-state index contributed by atoms with van der Waals surface area (Å²) in [5, 5.41) is 12.0. The number of aliphatic hydroxyl groups is 1. The van der Waals surface area contributed by atoms with Gasteiger partial charge in [-0.15, -0.1) is 0 Å². The highest BCUT2D eigenvalue weighted by molar-refractivity contribution is 6.00. The van der Waals surface area contributed by atoms with Gasteiger partial charge in [-0.05, 0) is 0 Å². The average molecular weight is 208 g/mol. The van der Waals surface area contributed by atoms with Crippen LogP contribution in [0.1, 0.15) is 10.4 Å². The lowest BCUT2D eigenvalue weighted by Crippen LogP contribution is -2.42. The molecular formula is C11H16N2O2. The zero-order chi connectivity index (χ0) is 11.1. The maximum atomic E-state index is 11.8. The fourth-order valence-electron chi connectivity index (χ4n) is 1.30. The highest BCUT2D eigenvalue weighted by atomic mass is 16.3. The van der Waals surface area contributed by atoms with Crippen LogP contribution in [0.15, 0.2) is 30.3 Å². The molecule has 0 aromatic heterocycles. The Balaban J connectivity index is 2.65. The monoisotopic (exact) mass is 208 g/mol. The molecule has 1 rings (SSSR count). The second-order valence-electron chi connectivity index (χ2n) is 3.21. The first kappa shape index (κ1) is 11.8. The van der Waals surface area contributed by atoms with Crippen LogP contribution in [0, 0.1) is 0 Å². The minimum atomic E-state index is -0.559. The van der Waals surface area contributed by atoms with E-state index in [1.165, 1.54) is 0 Å². The Morgan fingerprint density at radius 2 is 2.07 bits per heavy atom. The predicted octanol–water partition coefficient (Wildman–Crippen LogP) is -0.221. The van der Waals surface area contributed by atoms with Crippen LogP contribution in [0.25, 0.3) is 0 Å². The van der Waals surface area contributed by atoms with E-state index in [0.29, 0.717) is 18.7 Å². The molecule has 0 fully saturated rings. The van der Waals surface area contributed by atoms with Crippen molar-refractivity contribution < 1.29 is 9.90 Å². The fraction of sp³-hybridized carbons (Fsp3) is 0.364. The number of ketones is 1. The number of aliphatic hydroxyl groups excluding tert-OH is 1. The Kier molecular flexibility index (Phi) is 4.97. The quantitative estimate of drug-likeness (QED) is 0.565. The molecule has 4 N–H and O–H groups in total. The molecule has 0 heterocycles. The first-order valence-electron chi connectivity index (χ1n) is 4.93. The lowest BCUT2D eigenvalue weighted by atomic mass is 10.1. The third-order valence-electron chi connectivity index (χ3n) is 2.09. The molecule has 0 aliphatic rings. The van der Waals surface area contributed by atoms with Crippen molar-refractivity contribution >= 4 is 5.78 Å². The van der Waals surface area contributed by atoms with E-state index in [4.69, 9.17) is 10.8 Å². The molecule has 4 heteroatoms. The predicted molar refractivity (Wildman–Crippen MR) is 58.7 cm³/mol. The van der Waals surface area contributed by atoms with Gasteiger partial charge in [0.1, 0.15) is 0 Å². The first-order chi connectivity index (χ1) is 7.29. The van der Waals surface area contributed by atoms with Crippen molar-refractivity contribution in [1.82, 2.24) is 5.32 Å². The molecule has 0 bridgehead atoms. The number of nitrogens with one attached hydrogen (secondary N) is 1. The Hall–Kier alpha value is -1.23. The minimum absolute atomic E-state index is 0.105. The average Bonchev–Trinajstić information content (AvgIpc) is 2.31. The van der Waals surface area contributed by atoms with Crippen LogP contribution in [0.2, 0.25) is 0 Å². The van der Waals surface area contributed by atoms with Crippen LogP contribution in [-0.2, 0) is 0 Å². The van der Waals surface area contributed by atoms with Crippen LogP contribution in [0.4, 0.5) is 0 Å². The molecule has 1 aromatic carbocycles. The van der Waals surface area contributed by atoms with Gasteiger partial charge in [-0.1, -0.05) is 30.3 Å². The van der Waals surface area contributed by atoms with Crippen LogP contribution in [0.5, 0.6) is 0 Å². The van der Waals surface area contributed by atoms with Crippen molar-refractivity contribution in [2.45, 2.75) is 6.04 Å². The van der Waals surface area contributed by atoms with Crippen molar-refractivity contribution in [3.63, 3.8) is 0 Å². The van der Waals surface area contributed by atoms with Crippen LogP contribution < -0.4 is 11.1 Å². The van der Waals surface area contributed by atoms with Gasteiger partial charge in [0.05, 0.1) is 12.6 Å². The summed E-state index contributed by atoms with van der Waals surface area (Å²) in [6.07, 6.45) is 0. The Labute approximate surface area is 89.1 Å². The van der Waals surface area contributed by atoms with Gasteiger partial charge in [0, 0.05) is 18.7 Å². The van der Waals surface area contributed by atoms with Gasteiger partial charge in [0.25, 0.3) is 0 Å². The van der Waals surface area contributed by atoms with Gasteiger partial charge in [-0.25, -0.2) is 0 Å². The molecule has 1 atom stereocenters. The molecule has 0 aliphatic carbocycles. The molecule has 4 nitrogen and oxygen atoms in total. The van der Waals surface area contributed by atoms with Crippen LogP contribution >= 0.6 is 0 Å². The third-order valence-corrected chi connectivity index (χ3v) is 2.09. The number of carbonyl (C=O) groups excluding carboxylic acids is 1. The van der Waals surface area contributed by atoms with E-state index in [2.05, 4.69) is 5.32 Å². The van der Waals surface area contributed by atoms with E-state index in [1.807, 2.05) is 6.07 Å². The number of nitrogens with two attached hydrogens (primary N) is 1. The molecule has 0 amide bonds. The molecule has 0 radical (unpaired) electrons. The number of rotatable bonds is 6. The van der Waals surface area contributed by atoms with E-state index in [-0.39, 0.29) is 12.4 Å². The summed E-state index contributed by atoms with van der Waals surface area (Å²) in [6.45, 7) is 0.746. The number of benzene rings is 1. The highest BCUT2D eigenvalue weighted by Gasteiger charge is 2.17. The lowest BCUT2D eigenvalue weighted by molar-refractivity contribution is 0.0899. The van der Waals surface area contributed by atoms with Crippen LogP contribution in [-0.4, -0.2) is 36.6 Å². The van der Waals surface area contributed by atoms with E-state index in [1.54, 1.807) is 24.3 Å². The molecule has 1 unspecified atom stereocenters. The third kappa shape index (κ3) is 3.43. The Bertz CT molecular complexity index is 301. The van der Waals surface area contributed by atoms with E-state index >= 15 is 0 Å². The highest BCUT2D eigenvalue weighted by Crippen LogP contribution is 2.03. The van der Waals surface area contributed by atoms with E-state index in [0.717, 1.165) is 0 Å². The lowest BCUT2D eigenvalue weighted by Gasteiger charge is -2.14. The summed E-state index contributed by atoms with van der Waals surface area (Å²) in [5.41, 5.74) is 5.91. The second kappa shape index (κ2) is 6.29. The Morgan fingerprint density at radius 1 is 1.40 bits per heavy atom. The smallest absolute Gasteiger partial charge is 0.182 e. The molecular weight excluding hydrogens is 192 g/mol. The van der Waals surface area contributed by atoms with Crippen molar-refractivity contribution in [3.8, 4) is 0 Å². The zero-order valence-corrected chi connectivity index (χ0v) is 8.52. The molecule has 82 valence electrons. The standard InChI is InChI=1S/C11H16N2O2/c12-6-7-13-10(8-14)11(15)9-4-2-1-3-5-9/h1-5,10,13-14H,6-8,12H2. The number of hydrogen-bond acceptors (Lipinski definition) is 4. The summed E-state index contributed by atoms with van der Waals surface area (Å²) >= 11 is 0. The molecule has 0 spiro atoms. The van der Waals surface area contributed by atoms with Crippen molar-refractivity contribution in [2.24, 2.45) is 5.73 Å².